The average molecular weight is 401 g/mol. The van der Waals surface area contributed by atoms with E-state index in [-0.39, 0.29) is 23.9 Å². The molecular weight excluding hydrogens is 376 g/mol. The fourth-order valence-corrected chi connectivity index (χ4v) is 3.09. The largest absolute Gasteiger partial charge is 0.330 e. The lowest BCUT2D eigenvalue weighted by atomic mass is 10.0. The zero-order chi connectivity index (χ0) is 19.1. The summed E-state index contributed by atoms with van der Waals surface area (Å²) in [5.74, 6) is -0.000755. The molecule has 0 fully saturated rings. The molecule has 0 spiro atoms. The van der Waals surface area contributed by atoms with Gasteiger partial charge in [0.1, 0.15) is 0 Å². The molecule has 0 aliphatic heterocycles. The van der Waals surface area contributed by atoms with E-state index in [1.165, 1.54) is 0 Å². The van der Waals surface area contributed by atoms with Crippen LogP contribution in [0.2, 0.25) is 0 Å². The van der Waals surface area contributed by atoms with E-state index in [2.05, 4.69) is 15.5 Å². The van der Waals surface area contributed by atoms with Crippen LogP contribution in [0, 0.1) is 0 Å². The molecule has 0 saturated heterocycles. The number of hydrogen-bond donors (Lipinski definition) is 3. The highest BCUT2D eigenvalue weighted by atomic mass is 35.5. The van der Waals surface area contributed by atoms with Crippen LogP contribution < -0.4 is 16.6 Å². The summed E-state index contributed by atoms with van der Waals surface area (Å²) < 4.78 is 0. The van der Waals surface area contributed by atoms with Crippen molar-refractivity contribution in [2.75, 3.05) is 11.9 Å². The number of nitrogens with one attached hydrogen (secondary N) is 2. The van der Waals surface area contributed by atoms with Crippen molar-refractivity contribution in [1.82, 2.24) is 10.2 Å². The second-order valence-electron chi connectivity index (χ2n) is 6.53. The molecule has 4 N–H and O–H groups in total. The van der Waals surface area contributed by atoms with E-state index in [1.54, 1.807) is 6.07 Å². The van der Waals surface area contributed by atoms with E-state index in [4.69, 9.17) is 5.73 Å². The number of rotatable bonds is 8. The third-order valence-corrected chi connectivity index (χ3v) is 4.47. The molecule has 2 aromatic carbocycles. The van der Waals surface area contributed by atoms with E-state index in [0.29, 0.717) is 24.0 Å². The van der Waals surface area contributed by atoms with E-state index in [9.17, 15) is 9.59 Å². The monoisotopic (exact) mass is 400 g/mol. The summed E-state index contributed by atoms with van der Waals surface area (Å²) in [6.45, 7) is 0.701. The van der Waals surface area contributed by atoms with Crippen LogP contribution in [0.15, 0.2) is 53.3 Å². The van der Waals surface area contributed by atoms with Crippen molar-refractivity contribution in [3.05, 3.63) is 58.9 Å². The van der Waals surface area contributed by atoms with E-state index in [0.717, 1.165) is 42.3 Å². The molecule has 0 bridgehead atoms. The molecule has 0 aliphatic carbocycles. The second-order valence-corrected chi connectivity index (χ2v) is 6.53. The zero-order valence-electron chi connectivity index (χ0n) is 15.6. The Morgan fingerprint density at radius 1 is 1.00 bits per heavy atom. The molecule has 1 aromatic heterocycles. The predicted octanol–water partition coefficient (Wildman–Crippen LogP) is 3.86. The van der Waals surface area contributed by atoms with Gasteiger partial charge in [-0.3, -0.25) is 9.59 Å². The van der Waals surface area contributed by atoms with Crippen molar-refractivity contribution in [3.63, 3.8) is 0 Å². The second kappa shape index (κ2) is 10.6. The van der Waals surface area contributed by atoms with Crippen molar-refractivity contribution in [2.45, 2.75) is 32.1 Å². The van der Waals surface area contributed by atoms with Crippen LogP contribution in [0.3, 0.4) is 0 Å². The van der Waals surface area contributed by atoms with Crippen LogP contribution in [-0.4, -0.2) is 22.6 Å². The van der Waals surface area contributed by atoms with Crippen molar-refractivity contribution in [2.24, 2.45) is 5.73 Å². The fourth-order valence-electron chi connectivity index (χ4n) is 3.09. The molecule has 28 heavy (non-hydrogen) atoms. The van der Waals surface area contributed by atoms with Crippen LogP contribution in [0.1, 0.15) is 32.1 Å². The Labute approximate surface area is 169 Å². The highest BCUT2D eigenvalue weighted by molar-refractivity contribution is 5.95. The fraction of sp³-hybridized carbons (Fsp3) is 0.286. The summed E-state index contributed by atoms with van der Waals surface area (Å²) in [7, 11) is 0. The smallest absolute Gasteiger partial charge is 0.272 e. The molecule has 7 heteroatoms. The predicted molar refractivity (Wildman–Crippen MR) is 116 cm³/mol. The molecule has 6 nitrogen and oxygen atoms in total. The molecule has 148 valence electrons. The zero-order valence-corrected chi connectivity index (χ0v) is 16.4. The first-order valence-corrected chi connectivity index (χ1v) is 9.27. The summed E-state index contributed by atoms with van der Waals surface area (Å²) in [6.07, 6.45) is 4.43. The maximum Gasteiger partial charge on any atom is 0.272 e. The van der Waals surface area contributed by atoms with Crippen LogP contribution in [0.4, 0.5) is 5.69 Å². The highest BCUT2D eigenvalue weighted by Crippen LogP contribution is 2.26. The van der Waals surface area contributed by atoms with Gasteiger partial charge in [-0.2, -0.15) is 5.10 Å². The third-order valence-electron chi connectivity index (χ3n) is 4.47. The van der Waals surface area contributed by atoms with Gasteiger partial charge in [0.15, 0.2) is 0 Å². The minimum atomic E-state index is -0.214. The maximum absolute atomic E-state index is 12.2. The van der Waals surface area contributed by atoms with Gasteiger partial charge in [-0.15, -0.1) is 12.4 Å². The number of carbonyl (C=O) groups excluding carboxylic acids is 1. The number of nitrogens with two attached hydrogens (primary N) is 1. The van der Waals surface area contributed by atoms with Gasteiger partial charge in [-0.1, -0.05) is 43.2 Å². The molecule has 0 saturated carbocycles. The quantitative estimate of drug-likeness (QED) is 0.499. The Morgan fingerprint density at radius 3 is 2.54 bits per heavy atom. The number of H-pyrrole nitrogens is 1. The number of benzene rings is 2. The molecule has 0 unspecified atom stereocenters. The Hall–Kier alpha value is -2.70. The Balaban J connectivity index is 0.00000280. The Bertz CT molecular complexity index is 987. The van der Waals surface area contributed by atoms with Crippen LogP contribution in [-0.2, 0) is 4.79 Å². The lowest BCUT2D eigenvalue weighted by Gasteiger charge is -2.09. The molecule has 3 aromatic rings. The summed E-state index contributed by atoms with van der Waals surface area (Å²) >= 11 is 0. The number of nitrogens with zero attached hydrogens (tertiary/aromatic N) is 1. The first-order chi connectivity index (χ1) is 13.2. The normalized spacial score (nSPS) is 10.5. The summed E-state index contributed by atoms with van der Waals surface area (Å²) in [5, 5.41) is 11.1. The highest BCUT2D eigenvalue weighted by Gasteiger charge is 2.09. The number of halogens is 1. The molecule has 0 radical (unpaired) electrons. The first-order valence-electron chi connectivity index (χ1n) is 9.27. The number of fused-ring (bicyclic) bond motifs is 1. The Morgan fingerprint density at radius 2 is 1.75 bits per heavy atom. The molecular formula is C21H25ClN4O2. The number of carbonyl (C=O) groups is 1. The standard InChI is InChI=1S/C21H24N4O2.ClH/c22-13-6-2-1-3-12-19(26)23-16-9-7-8-15(14-16)20-17-10-4-5-11-18(17)21(27)25-24-20;/h4-5,7-11,14H,1-3,6,12-13,22H2,(H,23,26)(H,25,27);1H. The topological polar surface area (TPSA) is 101 Å². The lowest BCUT2D eigenvalue weighted by Crippen LogP contribution is -2.11. The van der Waals surface area contributed by atoms with Crippen molar-refractivity contribution >= 4 is 34.8 Å². The van der Waals surface area contributed by atoms with Gasteiger partial charge in [0.25, 0.3) is 5.56 Å². The van der Waals surface area contributed by atoms with Gasteiger partial charge in [-0.25, -0.2) is 5.10 Å². The van der Waals surface area contributed by atoms with Crippen LogP contribution in [0.25, 0.3) is 22.0 Å². The third kappa shape index (κ3) is 5.41. The van der Waals surface area contributed by atoms with Gasteiger partial charge in [-0.05, 0) is 37.6 Å². The number of aromatic amines is 1. The number of unbranched alkanes of at least 4 members (excludes halogenated alkanes) is 3. The van der Waals surface area contributed by atoms with Crippen molar-refractivity contribution in [1.29, 1.82) is 0 Å². The van der Waals surface area contributed by atoms with Crippen molar-refractivity contribution < 1.29 is 4.79 Å². The number of aromatic nitrogens is 2. The van der Waals surface area contributed by atoms with Gasteiger partial charge < -0.3 is 11.1 Å². The van der Waals surface area contributed by atoms with Crippen LogP contribution in [0.5, 0.6) is 0 Å². The number of anilines is 1. The molecule has 0 aliphatic rings. The average Bonchev–Trinajstić information content (AvgIpc) is 2.68. The van der Waals surface area contributed by atoms with Crippen LogP contribution >= 0.6 is 12.4 Å². The summed E-state index contributed by atoms with van der Waals surface area (Å²) in [4.78, 5) is 24.1. The Kier molecular flexibility index (Phi) is 8.17. The summed E-state index contributed by atoms with van der Waals surface area (Å²) in [6, 6.07) is 14.9. The molecule has 1 heterocycles. The molecule has 1 amide bonds. The van der Waals surface area contributed by atoms with Crippen molar-refractivity contribution in [3.8, 4) is 11.3 Å². The minimum absolute atomic E-state index is 0. The SMILES string of the molecule is Cl.NCCCCCCC(=O)Nc1cccc(-c2n[nH]c(=O)c3ccccc23)c1. The molecule has 0 atom stereocenters. The maximum atomic E-state index is 12.2. The minimum Gasteiger partial charge on any atom is -0.330 e. The van der Waals surface area contributed by atoms with Gasteiger partial charge >= 0.3 is 0 Å². The summed E-state index contributed by atoms with van der Waals surface area (Å²) in [5.41, 5.74) is 7.50. The van der Waals surface area contributed by atoms with Gasteiger partial charge in [0.2, 0.25) is 5.91 Å². The first kappa shape index (κ1) is 21.6. The lowest BCUT2D eigenvalue weighted by molar-refractivity contribution is -0.116. The van der Waals surface area contributed by atoms with Gasteiger partial charge in [0, 0.05) is 23.1 Å². The number of amides is 1. The van der Waals surface area contributed by atoms with Gasteiger partial charge in [0.05, 0.1) is 11.1 Å². The van der Waals surface area contributed by atoms with E-state index < -0.39 is 0 Å². The van der Waals surface area contributed by atoms with E-state index in [1.807, 2.05) is 42.5 Å². The number of hydrogen-bond acceptors (Lipinski definition) is 4. The van der Waals surface area contributed by atoms with E-state index >= 15 is 0 Å². The molecule has 3 rings (SSSR count).